The molecule has 0 saturated heterocycles. The second kappa shape index (κ2) is 8.29. The first-order valence-electron chi connectivity index (χ1n) is 9.46. The van der Waals surface area contributed by atoms with Crippen LogP contribution in [-0.2, 0) is 6.18 Å². The van der Waals surface area contributed by atoms with Gasteiger partial charge in [-0.2, -0.15) is 13.2 Å². The SMILES string of the molecule is C=C=C(Nc1nc(-c2ccccc2C(F)(F)F)cc2ccccc12)c1cc(F)cc(F)c1. The molecule has 1 N–H and O–H groups in total. The first-order valence-corrected chi connectivity index (χ1v) is 9.46. The molecule has 1 heterocycles. The van der Waals surface area contributed by atoms with Crippen molar-refractivity contribution in [2.24, 2.45) is 0 Å². The lowest BCUT2D eigenvalue weighted by Gasteiger charge is -2.16. The number of fused-ring (bicyclic) bond motifs is 1. The Kier molecular flexibility index (Phi) is 5.51. The molecule has 0 spiro atoms. The summed E-state index contributed by atoms with van der Waals surface area (Å²) in [5.74, 6) is -1.38. The van der Waals surface area contributed by atoms with Crippen molar-refractivity contribution in [1.82, 2.24) is 4.98 Å². The van der Waals surface area contributed by atoms with E-state index in [1.54, 1.807) is 30.3 Å². The van der Waals surface area contributed by atoms with Crippen molar-refractivity contribution in [2.75, 3.05) is 5.32 Å². The number of alkyl halides is 3. The molecule has 3 aromatic carbocycles. The van der Waals surface area contributed by atoms with E-state index in [-0.39, 0.29) is 28.3 Å². The van der Waals surface area contributed by atoms with Gasteiger partial charge in [-0.1, -0.05) is 49.0 Å². The van der Waals surface area contributed by atoms with Crippen LogP contribution in [0.1, 0.15) is 11.1 Å². The molecule has 0 unspecified atom stereocenters. The minimum Gasteiger partial charge on any atom is -0.333 e. The molecule has 0 fully saturated rings. The van der Waals surface area contributed by atoms with E-state index >= 15 is 0 Å². The zero-order valence-corrected chi connectivity index (χ0v) is 16.5. The monoisotopic (exact) mass is 438 g/mol. The van der Waals surface area contributed by atoms with Gasteiger partial charge in [0.15, 0.2) is 0 Å². The summed E-state index contributed by atoms with van der Waals surface area (Å²) in [6, 6.07) is 16.6. The summed E-state index contributed by atoms with van der Waals surface area (Å²) in [5, 5.41) is 4.16. The first kappa shape index (κ1) is 21.3. The Morgan fingerprint density at radius 1 is 0.875 bits per heavy atom. The highest BCUT2D eigenvalue weighted by Crippen LogP contribution is 2.38. The summed E-state index contributed by atoms with van der Waals surface area (Å²) < 4.78 is 68.1. The molecular formula is C25H15F5N2. The van der Waals surface area contributed by atoms with E-state index in [2.05, 4.69) is 22.6 Å². The predicted octanol–water partition coefficient (Wildman–Crippen LogP) is 7.44. The van der Waals surface area contributed by atoms with Crippen LogP contribution >= 0.6 is 0 Å². The molecule has 4 rings (SSSR count). The zero-order valence-electron chi connectivity index (χ0n) is 16.5. The number of anilines is 1. The molecule has 7 heteroatoms. The van der Waals surface area contributed by atoms with E-state index in [1.807, 2.05) is 0 Å². The number of rotatable bonds is 4. The number of aromatic nitrogens is 1. The number of hydrogen-bond donors (Lipinski definition) is 1. The van der Waals surface area contributed by atoms with Crippen molar-refractivity contribution in [1.29, 1.82) is 0 Å². The standard InChI is InChI=1S/C25H15F5N2/c1-2-22(16-11-17(26)14-18(27)12-16)31-24-19-8-4-3-7-15(19)13-23(32-24)20-9-5-6-10-21(20)25(28,29)30/h3-14H,1H2,(H,31,32). The van der Waals surface area contributed by atoms with Gasteiger partial charge in [0.2, 0.25) is 0 Å². The van der Waals surface area contributed by atoms with Crippen LogP contribution in [0.3, 0.4) is 0 Å². The molecule has 4 aromatic rings. The Bertz CT molecular complexity index is 1350. The van der Waals surface area contributed by atoms with Gasteiger partial charge in [0, 0.05) is 22.6 Å². The molecule has 32 heavy (non-hydrogen) atoms. The maximum atomic E-state index is 13.7. The second-order valence-electron chi connectivity index (χ2n) is 6.96. The van der Waals surface area contributed by atoms with E-state index in [0.717, 1.165) is 24.3 Å². The molecule has 0 atom stereocenters. The quantitative estimate of drug-likeness (QED) is 0.265. The molecule has 0 amide bonds. The van der Waals surface area contributed by atoms with Gasteiger partial charge in [0.05, 0.1) is 17.0 Å². The average Bonchev–Trinajstić information content (AvgIpc) is 2.76. The van der Waals surface area contributed by atoms with Crippen molar-refractivity contribution in [3.8, 4) is 11.3 Å². The molecule has 0 bridgehead atoms. The molecule has 0 aliphatic heterocycles. The maximum absolute atomic E-state index is 13.7. The van der Waals surface area contributed by atoms with Crippen LogP contribution in [0.5, 0.6) is 0 Å². The largest absolute Gasteiger partial charge is 0.417 e. The number of nitrogens with zero attached hydrogens (tertiary/aromatic N) is 1. The van der Waals surface area contributed by atoms with Crippen LogP contribution in [0.15, 0.2) is 85.1 Å². The van der Waals surface area contributed by atoms with E-state index in [4.69, 9.17) is 0 Å². The highest BCUT2D eigenvalue weighted by atomic mass is 19.4. The Labute approximate surface area is 180 Å². The lowest BCUT2D eigenvalue weighted by Crippen LogP contribution is -2.08. The lowest BCUT2D eigenvalue weighted by molar-refractivity contribution is -0.137. The highest BCUT2D eigenvalue weighted by Gasteiger charge is 2.33. The Hall–Kier alpha value is -3.96. The van der Waals surface area contributed by atoms with E-state index in [0.29, 0.717) is 10.8 Å². The fourth-order valence-electron chi connectivity index (χ4n) is 3.42. The number of benzene rings is 3. The minimum absolute atomic E-state index is 0.0882. The van der Waals surface area contributed by atoms with Crippen LogP contribution in [0.2, 0.25) is 0 Å². The third-order valence-electron chi connectivity index (χ3n) is 4.82. The third-order valence-corrected chi connectivity index (χ3v) is 4.82. The molecule has 160 valence electrons. The van der Waals surface area contributed by atoms with Gasteiger partial charge >= 0.3 is 6.18 Å². The summed E-state index contributed by atoms with van der Waals surface area (Å²) in [6.45, 7) is 3.55. The smallest absolute Gasteiger partial charge is 0.333 e. The fourth-order valence-corrected chi connectivity index (χ4v) is 3.42. The molecule has 1 aromatic heterocycles. The van der Waals surface area contributed by atoms with Crippen molar-refractivity contribution in [3.05, 3.63) is 108 Å². The summed E-state index contributed by atoms with van der Waals surface area (Å²) in [5.41, 5.74) is 2.02. The van der Waals surface area contributed by atoms with Crippen LogP contribution < -0.4 is 5.32 Å². The van der Waals surface area contributed by atoms with Gasteiger partial charge in [0.1, 0.15) is 17.5 Å². The average molecular weight is 438 g/mol. The van der Waals surface area contributed by atoms with E-state index in [9.17, 15) is 22.0 Å². The van der Waals surface area contributed by atoms with Crippen molar-refractivity contribution < 1.29 is 22.0 Å². The minimum atomic E-state index is -4.57. The molecule has 2 nitrogen and oxygen atoms in total. The van der Waals surface area contributed by atoms with Crippen LogP contribution in [-0.4, -0.2) is 4.98 Å². The molecule has 0 saturated carbocycles. The summed E-state index contributed by atoms with van der Waals surface area (Å²) in [6.07, 6.45) is -4.57. The fraction of sp³-hybridized carbons (Fsp3) is 0.0400. The number of pyridine rings is 1. The van der Waals surface area contributed by atoms with Crippen molar-refractivity contribution in [3.63, 3.8) is 0 Å². The first-order chi connectivity index (χ1) is 15.3. The summed E-state index contributed by atoms with van der Waals surface area (Å²) in [7, 11) is 0. The van der Waals surface area contributed by atoms with Crippen LogP contribution in [0.25, 0.3) is 27.7 Å². The Morgan fingerprint density at radius 2 is 1.53 bits per heavy atom. The molecule has 0 aliphatic carbocycles. The zero-order chi connectivity index (χ0) is 22.9. The van der Waals surface area contributed by atoms with Crippen LogP contribution in [0, 0.1) is 11.6 Å². The topological polar surface area (TPSA) is 24.9 Å². The Morgan fingerprint density at radius 3 is 2.22 bits per heavy atom. The lowest BCUT2D eigenvalue weighted by atomic mass is 10.0. The number of halogens is 5. The predicted molar refractivity (Wildman–Crippen MR) is 115 cm³/mol. The molecule has 0 aliphatic rings. The van der Waals surface area contributed by atoms with Crippen LogP contribution in [0.4, 0.5) is 27.8 Å². The van der Waals surface area contributed by atoms with E-state index < -0.39 is 23.4 Å². The van der Waals surface area contributed by atoms with Crippen molar-refractivity contribution in [2.45, 2.75) is 6.18 Å². The second-order valence-corrected chi connectivity index (χ2v) is 6.96. The summed E-state index contributed by atoms with van der Waals surface area (Å²) >= 11 is 0. The van der Waals surface area contributed by atoms with Gasteiger partial charge < -0.3 is 5.32 Å². The molecular weight excluding hydrogens is 423 g/mol. The van der Waals surface area contributed by atoms with Crippen molar-refractivity contribution >= 4 is 22.3 Å². The summed E-state index contributed by atoms with van der Waals surface area (Å²) in [4.78, 5) is 4.42. The normalized spacial score (nSPS) is 11.3. The Balaban J connectivity index is 1.89. The number of nitrogens with one attached hydrogen (secondary N) is 1. The van der Waals surface area contributed by atoms with Gasteiger partial charge in [-0.25, -0.2) is 13.8 Å². The highest BCUT2D eigenvalue weighted by molar-refractivity contribution is 5.97. The van der Waals surface area contributed by atoms with Gasteiger partial charge in [-0.3, -0.25) is 0 Å². The van der Waals surface area contributed by atoms with Gasteiger partial charge in [-0.15, -0.1) is 5.73 Å². The third kappa shape index (κ3) is 4.24. The van der Waals surface area contributed by atoms with Gasteiger partial charge in [-0.05, 0) is 29.7 Å². The van der Waals surface area contributed by atoms with E-state index in [1.165, 1.54) is 18.2 Å². The van der Waals surface area contributed by atoms with Gasteiger partial charge in [0.25, 0.3) is 0 Å². The number of hydrogen-bond acceptors (Lipinski definition) is 2. The maximum Gasteiger partial charge on any atom is 0.417 e. The molecule has 0 radical (unpaired) electrons.